The third-order valence-electron chi connectivity index (χ3n) is 7.43. The molecule has 0 bridgehead atoms. The maximum Gasteiger partial charge on any atom is 0.338 e. The van der Waals surface area contributed by atoms with Crippen LogP contribution in [0.3, 0.4) is 0 Å². The average Bonchev–Trinajstić information content (AvgIpc) is 2.81. The van der Waals surface area contributed by atoms with Gasteiger partial charge in [-0.3, -0.25) is 0 Å². The Morgan fingerprint density at radius 3 is 2.00 bits per heavy atom. The lowest BCUT2D eigenvalue weighted by molar-refractivity contribution is -0.293. The molecule has 0 radical (unpaired) electrons. The summed E-state index contributed by atoms with van der Waals surface area (Å²) in [6.07, 6.45) is -4.64. The molecule has 0 spiro atoms. The fourth-order valence-electron chi connectivity index (χ4n) is 5.39. The highest BCUT2D eigenvalue weighted by atomic mass is 28.5. The minimum absolute atomic E-state index is 0.0851. The van der Waals surface area contributed by atoms with Crippen LogP contribution in [-0.2, 0) is 27.2 Å². The topological polar surface area (TPSA) is 92.7 Å². The summed E-state index contributed by atoms with van der Waals surface area (Å²) in [5, 5.41) is 11.6. The molecule has 2 heterocycles. The predicted molar refractivity (Wildman–Crippen MR) is 141 cm³/mol. The van der Waals surface area contributed by atoms with Crippen LogP contribution in [0.4, 0.5) is 0 Å². The van der Waals surface area contributed by atoms with Crippen LogP contribution in [0.5, 0.6) is 0 Å². The monoisotopic (exact) mass is 540 g/mol. The molecule has 3 rings (SSSR count). The van der Waals surface area contributed by atoms with Crippen LogP contribution in [0.25, 0.3) is 0 Å². The van der Waals surface area contributed by atoms with Gasteiger partial charge in [-0.15, -0.1) is 0 Å². The minimum atomic E-state index is -2.98. The number of rotatable bonds is 7. The van der Waals surface area contributed by atoms with E-state index in [1.807, 2.05) is 6.07 Å². The summed E-state index contributed by atoms with van der Waals surface area (Å²) in [7, 11) is -4.26. The smallest absolute Gasteiger partial charge is 0.338 e. The summed E-state index contributed by atoms with van der Waals surface area (Å²) in [5.41, 5.74) is 0.926. The Labute approximate surface area is 218 Å². The normalized spacial score (nSPS) is 30.2. The fourth-order valence-corrected chi connectivity index (χ4v) is 16.6. The standard InChI is InChI=1S/C26H44O8Si2/c1-16(2)35(17(3)4)30-15-21-23(33-36(34-35,18(5)6)19(7)8)22(27)24(26(29-9)31-21)32-25(28)20-13-11-10-12-14-20/h10-14,16-19,21-24,26-27H,15H2,1-9H3/t21-,22+,23-,24+,26+/m1/s1. The first-order chi connectivity index (χ1) is 16.9. The van der Waals surface area contributed by atoms with Gasteiger partial charge in [0.1, 0.15) is 18.3 Å². The molecule has 0 saturated carbocycles. The lowest BCUT2D eigenvalue weighted by Crippen LogP contribution is -2.70. The van der Waals surface area contributed by atoms with Gasteiger partial charge in [0.25, 0.3) is 0 Å². The molecule has 36 heavy (non-hydrogen) atoms. The molecular formula is C26H44O8Si2. The van der Waals surface area contributed by atoms with E-state index in [1.165, 1.54) is 7.11 Å². The molecule has 0 unspecified atom stereocenters. The molecule has 2 aliphatic heterocycles. The second-order valence-electron chi connectivity index (χ2n) is 11.1. The van der Waals surface area contributed by atoms with E-state index in [4.69, 9.17) is 27.2 Å². The number of methoxy groups -OCH3 is 1. The van der Waals surface area contributed by atoms with Crippen LogP contribution in [0.1, 0.15) is 65.7 Å². The summed E-state index contributed by atoms with van der Waals surface area (Å²) >= 11 is 0. The quantitative estimate of drug-likeness (QED) is 0.386. The number of fused-ring (bicyclic) bond motifs is 1. The van der Waals surface area contributed by atoms with E-state index >= 15 is 0 Å². The molecule has 8 nitrogen and oxygen atoms in total. The van der Waals surface area contributed by atoms with Crippen molar-refractivity contribution in [2.45, 2.75) is 108 Å². The van der Waals surface area contributed by atoms with Crippen LogP contribution in [-0.4, -0.2) is 72.6 Å². The highest BCUT2D eigenvalue weighted by Gasteiger charge is 2.61. The molecule has 0 aliphatic carbocycles. The highest BCUT2D eigenvalue weighted by molar-refractivity contribution is 6.83. The molecule has 1 N–H and O–H groups in total. The summed E-state index contributed by atoms with van der Waals surface area (Å²) in [5.74, 6) is -0.565. The van der Waals surface area contributed by atoms with E-state index in [9.17, 15) is 9.90 Å². The van der Waals surface area contributed by atoms with Gasteiger partial charge >= 0.3 is 23.1 Å². The largest absolute Gasteiger partial charge is 0.450 e. The van der Waals surface area contributed by atoms with E-state index < -0.39 is 53.8 Å². The van der Waals surface area contributed by atoms with E-state index in [-0.39, 0.29) is 28.8 Å². The van der Waals surface area contributed by atoms with Crippen LogP contribution >= 0.6 is 0 Å². The Bertz CT molecular complexity index is 847. The van der Waals surface area contributed by atoms with E-state index in [0.29, 0.717) is 5.56 Å². The second kappa shape index (κ2) is 11.7. The van der Waals surface area contributed by atoms with Crippen molar-refractivity contribution in [1.82, 2.24) is 0 Å². The zero-order valence-corrected chi connectivity index (χ0v) is 25.1. The number of benzene rings is 1. The number of hydrogen-bond acceptors (Lipinski definition) is 8. The molecule has 0 aromatic heterocycles. The van der Waals surface area contributed by atoms with Gasteiger partial charge in [0.15, 0.2) is 12.4 Å². The molecule has 1 aromatic rings. The average molecular weight is 541 g/mol. The van der Waals surface area contributed by atoms with Crippen molar-refractivity contribution in [3.05, 3.63) is 35.9 Å². The van der Waals surface area contributed by atoms with Gasteiger partial charge in [-0.2, -0.15) is 0 Å². The molecule has 0 amide bonds. The van der Waals surface area contributed by atoms with Crippen molar-refractivity contribution in [3.8, 4) is 0 Å². The van der Waals surface area contributed by atoms with Gasteiger partial charge in [-0.25, -0.2) is 4.79 Å². The van der Waals surface area contributed by atoms with Crippen molar-refractivity contribution in [2.75, 3.05) is 13.7 Å². The Hall–Kier alpha value is -1.12. The van der Waals surface area contributed by atoms with Crippen LogP contribution < -0.4 is 0 Å². The summed E-state index contributed by atoms with van der Waals surface area (Å²) < 4.78 is 38.4. The van der Waals surface area contributed by atoms with Crippen molar-refractivity contribution in [1.29, 1.82) is 0 Å². The van der Waals surface area contributed by atoms with Crippen molar-refractivity contribution in [2.24, 2.45) is 0 Å². The molecule has 2 aliphatic rings. The number of aliphatic hydroxyl groups excluding tert-OH is 1. The van der Waals surface area contributed by atoms with Crippen LogP contribution in [0, 0.1) is 0 Å². The van der Waals surface area contributed by atoms with Crippen molar-refractivity contribution < 1.29 is 37.1 Å². The van der Waals surface area contributed by atoms with Gasteiger partial charge in [0.05, 0.1) is 12.2 Å². The first kappa shape index (κ1) is 29.4. The molecule has 10 heteroatoms. The lowest BCUT2D eigenvalue weighted by atomic mass is 9.99. The zero-order valence-electron chi connectivity index (χ0n) is 23.1. The summed E-state index contributed by atoms with van der Waals surface area (Å²) in [6, 6.07) is 8.65. The minimum Gasteiger partial charge on any atom is -0.450 e. The molecule has 2 fully saturated rings. The third kappa shape index (κ3) is 5.51. The predicted octanol–water partition coefficient (Wildman–Crippen LogP) is 4.90. The van der Waals surface area contributed by atoms with Gasteiger partial charge in [0.2, 0.25) is 0 Å². The number of carbonyl (C=O) groups excluding carboxylic acids is 1. The highest BCUT2D eigenvalue weighted by Crippen LogP contribution is 2.47. The molecular weight excluding hydrogens is 496 g/mol. The Balaban J connectivity index is 2.00. The molecule has 2 saturated heterocycles. The van der Waals surface area contributed by atoms with E-state index in [1.54, 1.807) is 24.3 Å². The Morgan fingerprint density at radius 1 is 0.944 bits per heavy atom. The maximum atomic E-state index is 12.9. The number of aliphatic hydroxyl groups is 1. The zero-order chi connectivity index (χ0) is 26.8. The Kier molecular flexibility index (Phi) is 9.59. The summed E-state index contributed by atoms with van der Waals surface area (Å²) in [4.78, 5) is 12.9. The van der Waals surface area contributed by atoms with Crippen LogP contribution in [0.15, 0.2) is 30.3 Å². The van der Waals surface area contributed by atoms with E-state index in [2.05, 4.69) is 55.4 Å². The van der Waals surface area contributed by atoms with Gasteiger partial charge in [0, 0.05) is 7.11 Å². The third-order valence-corrected chi connectivity index (χ3v) is 17.7. The molecule has 204 valence electrons. The van der Waals surface area contributed by atoms with Gasteiger partial charge < -0.3 is 32.3 Å². The molecule has 1 aromatic carbocycles. The van der Waals surface area contributed by atoms with Gasteiger partial charge in [-0.1, -0.05) is 73.6 Å². The number of hydrogen-bond donors (Lipinski definition) is 1. The van der Waals surface area contributed by atoms with Crippen molar-refractivity contribution in [3.63, 3.8) is 0 Å². The Morgan fingerprint density at radius 2 is 1.50 bits per heavy atom. The maximum absolute atomic E-state index is 12.9. The number of carbonyl (C=O) groups is 1. The first-order valence-corrected chi connectivity index (χ1v) is 17.0. The fraction of sp³-hybridized carbons (Fsp3) is 0.731. The van der Waals surface area contributed by atoms with Gasteiger partial charge in [-0.05, 0) is 34.3 Å². The molecule has 5 atom stereocenters. The number of ether oxygens (including phenoxy) is 3. The SMILES string of the molecule is CO[C@H]1O[C@@H]2CO[Si](C(C)C)(C(C)C)O[Si](C(C)C)(C(C)C)O[C@H]2[C@H](O)[C@@H]1OC(=O)c1ccccc1. The summed E-state index contributed by atoms with van der Waals surface area (Å²) in [6.45, 7) is 17.3. The van der Waals surface area contributed by atoms with Crippen LogP contribution in [0.2, 0.25) is 22.2 Å². The van der Waals surface area contributed by atoms with Crippen molar-refractivity contribution >= 4 is 23.1 Å². The second-order valence-corrected chi connectivity index (χ2v) is 19.9. The van der Waals surface area contributed by atoms with E-state index in [0.717, 1.165) is 0 Å². The number of esters is 1. The first-order valence-electron chi connectivity index (χ1n) is 13.0. The lowest BCUT2D eigenvalue weighted by Gasteiger charge is -2.54.